The SMILES string of the molecule is Cc1ccc(Nc2cc(F)cc(F)c2)c(N)c1. The van der Waals surface area contributed by atoms with Crippen LogP contribution in [0, 0.1) is 18.6 Å². The van der Waals surface area contributed by atoms with E-state index < -0.39 is 11.6 Å². The lowest BCUT2D eigenvalue weighted by atomic mass is 10.2. The molecule has 0 heterocycles. The van der Waals surface area contributed by atoms with Crippen LogP contribution in [0.4, 0.5) is 25.8 Å². The summed E-state index contributed by atoms with van der Waals surface area (Å²) in [4.78, 5) is 0. The van der Waals surface area contributed by atoms with Crippen molar-refractivity contribution >= 4 is 17.1 Å². The van der Waals surface area contributed by atoms with Gasteiger partial charge in [-0.3, -0.25) is 0 Å². The third-order valence-corrected chi connectivity index (χ3v) is 2.35. The summed E-state index contributed by atoms with van der Waals surface area (Å²) >= 11 is 0. The van der Waals surface area contributed by atoms with E-state index in [1.54, 1.807) is 12.1 Å². The molecule has 2 aromatic carbocycles. The number of nitrogen functional groups attached to an aromatic ring is 1. The van der Waals surface area contributed by atoms with Gasteiger partial charge in [-0.1, -0.05) is 6.07 Å². The summed E-state index contributed by atoms with van der Waals surface area (Å²) in [6.45, 7) is 1.92. The molecule has 0 unspecified atom stereocenters. The van der Waals surface area contributed by atoms with E-state index >= 15 is 0 Å². The first-order chi connectivity index (χ1) is 8.04. The van der Waals surface area contributed by atoms with E-state index in [1.165, 1.54) is 12.1 Å². The highest BCUT2D eigenvalue weighted by molar-refractivity contribution is 5.73. The molecule has 0 saturated carbocycles. The summed E-state index contributed by atoms with van der Waals surface area (Å²) in [6, 6.07) is 8.67. The minimum atomic E-state index is -0.627. The number of hydrogen-bond acceptors (Lipinski definition) is 2. The van der Waals surface area contributed by atoms with Gasteiger partial charge in [0.05, 0.1) is 11.4 Å². The Labute approximate surface area is 98.1 Å². The van der Waals surface area contributed by atoms with Gasteiger partial charge in [-0.15, -0.1) is 0 Å². The van der Waals surface area contributed by atoms with E-state index in [9.17, 15) is 8.78 Å². The van der Waals surface area contributed by atoms with E-state index in [-0.39, 0.29) is 0 Å². The fourth-order valence-electron chi connectivity index (χ4n) is 1.58. The Bertz CT molecular complexity index is 533. The summed E-state index contributed by atoms with van der Waals surface area (Å²) in [5, 5.41) is 2.88. The summed E-state index contributed by atoms with van der Waals surface area (Å²) in [7, 11) is 0. The lowest BCUT2D eigenvalue weighted by molar-refractivity contribution is 0.584. The summed E-state index contributed by atoms with van der Waals surface area (Å²) < 4.78 is 26.0. The summed E-state index contributed by atoms with van der Waals surface area (Å²) in [6.07, 6.45) is 0. The van der Waals surface area contributed by atoms with Gasteiger partial charge in [0.2, 0.25) is 0 Å². The van der Waals surface area contributed by atoms with Gasteiger partial charge >= 0.3 is 0 Å². The molecule has 0 aliphatic carbocycles. The molecule has 0 fully saturated rings. The monoisotopic (exact) mass is 234 g/mol. The first-order valence-electron chi connectivity index (χ1n) is 5.14. The lowest BCUT2D eigenvalue weighted by Gasteiger charge is -2.10. The number of nitrogens with one attached hydrogen (secondary N) is 1. The quantitative estimate of drug-likeness (QED) is 0.779. The van der Waals surface area contributed by atoms with E-state index in [1.807, 2.05) is 13.0 Å². The molecule has 88 valence electrons. The molecule has 2 aromatic rings. The van der Waals surface area contributed by atoms with Gasteiger partial charge in [0.15, 0.2) is 0 Å². The van der Waals surface area contributed by atoms with Crippen LogP contribution in [0.5, 0.6) is 0 Å². The molecule has 2 nitrogen and oxygen atoms in total. The van der Waals surface area contributed by atoms with Crippen LogP contribution in [0.25, 0.3) is 0 Å². The number of anilines is 3. The number of benzene rings is 2. The molecule has 0 aliphatic heterocycles. The number of nitrogens with two attached hydrogens (primary N) is 1. The van der Waals surface area contributed by atoms with Crippen molar-refractivity contribution in [1.82, 2.24) is 0 Å². The van der Waals surface area contributed by atoms with Crippen molar-refractivity contribution in [3.8, 4) is 0 Å². The first kappa shape index (κ1) is 11.4. The first-order valence-corrected chi connectivity index (χ1v) is 5.14. The van der Waals surface area contributed by atoms with E-state index in [0.29, 0.717) is 17.1 Å². The normalized spacial score (nSPS) is 10.3. The van der Waals surface area contributed by atoms with E-state index in [4.69, 9.17) is 5.73 Å². The molecule has 17 heavy (non-hydrogen) atoms. The Morgan fingerprint density at radius 2 is 1.65 bits per heavy atom. The molecule has 0 bridgehead atoms. The van der Waals surface area contributed by atoms with Gasteiger partial charge in [-0.25, -0.2) is 8.78 Å². The average molecular weight is 234 g/mol. The predicted octanol–water partition coefficient (Wildman–Crippen LogP) is 3.60. The summed E-state index contributed by atoms with van der Waals surface area (Å²) in [5.41, 5.74) is 8.32. The maximum Gasteiger partial charge on any atom is 0.128 e. The molecule has 0 spiro atoms. The van der Waals surface area contributed by atoms with Crippen LogP contribution >= 0.6 is 0 Å². The minimum absolute atomic E-state index is 0.332. The average Bonchev–Trinajstić information content (AvgIpc) is 2.21. The Morgan fingerprint density at radius 1 is 1.00 bits per heavy atom. The summed E-state index contributed by atoms with van der Waals surface area (Å²) in [5.74, 6) is -1.25. The van der Waals surface area contributed by atoms with Crippen molar-refractivity contribution in [2.45, 2.75) is 6.92 Å². The van der Waals surface area contributed by atoms with Gasteiger partial charge in [0.25, 0.3) is 0 Å². The van der Waals surface area contributed by atoms with Crippen molar-refractivity contribution in [1.29, 1.82) is 0 Å². The molecule has 0 atom stereocenters. The molecule has 0 saturated heterocycles. The van der Waals surface area contributed by atoms with Crippen LogP contribution in [0.15, 0.2) is 36.4 Å². The van der Waals surface area contributed by atoms with Crippen LogP contribution in [-0.2, 0) is 0 Å². The van der Waals surface area contributed by atoms with Crippen LogP contribution in [0.1, 0.15) is 5.56 Å². The van der Waals surface area contributed by atoms with Crippen molar-refractivity contribution in [3.05, 3.63) is 53.6 Å². The second-order valence-corrected chi connectivity index (χ2v) is 3.87. The van der Waals surface area contributed by atoms with Crippen LogP contribution in [0.3, 0.4) is 0 Å². The highest BCUT2D eigenvalue weighted by Gasteiger charge is 2.03. The standard InChI is InChI=1S/C13H12F2N2/c1-8-2-3-13(12(16)4-8)17-11-6-9(14)5-10(15)7-11/h2-7,17H,16H2,1H3. The van der Waals surface area contributed by atoms with Gasteiger partial charge < -0.3 is 11.1 Å². The highest BCUT2D eigenvalue weighted by Crippen LogP contribution is 2.24. The molecule has 0 aliphatic rings. The molecule has 4 heteroatoms. The molecule has 0 radical (unpaired) electrons. The van der Waals surface area contributed by atoms with Crippen molar-refractivity contribution < 1.29 is 8.78 Å². The van der Waals surface area contributed by atoms with Crippen LogP contribution < -0.4 is 11.1 Å². The lowest BCUT2D eigenvalue weighted by Crippen LogP contribution is -1.97. The molecule has 2 rings (SSSR count). The van der Waals surface area contributed by atoms with Crippen molar-refractivity contribution in [2.75, 3.05) is 11.1 Å². The largest absolute Gasteiger partial charge is 0.397 e. The third kappa shape index (κ3) is 2.72. The number of hydrogen-bond donors (Lipinski definition) is 2. The van der Waals surface area contributed by atoms with Crippen molar-refractivity contribution in [2.24, 2.45) is 0 Å². The zero-order valence-corrected chi connectivity index (χ0v) is 9.30. The fourth-order valence-corrected chi connectivity index (χ4v) is 1.58. The van der Waals surface area contributed by atoms with Gasteiger partial charge in [0, 0.05) is 11.8 Å². The second kappa shape index (κ2) is 4.41. The maximum atomic E-state index is 13.0. The van der Waals surface area contributed by atoms with Crippen LogP contribution in [0.2, 0.25) is 0 Å². The van der Waals surface area contributed by atoms with Crippen LogP contribution in [-0.4, -0.2) is 0 Å². The Hall–Kier alpha value is -2.10. The molecule has 0 amide bonds. The Kier molecular flexibility index (Phi) is 2.95. The van der Waals surface area contributed by atoms with E-state index in [2.05, 4.69) is 5.32 Å². The molecular weight excluding hydrogens is 222 g/mol. The second-order valence-electron chi connectivity index (χ2n) is 3.87. The number of halogens is 2. The third-order valence-electron chi connectivity index (χ3n) is 2.35. The van der Waals surface area contributed by atoms with Crippen molar-refractivity contribution in [3.63, 3.8) is 0 Å². The minimum Gasteiger partial charge on any atom is -0.397 e. The van der Waals surface area contributed by atoms with Gasteiger partial charge in [-0.2, -0.15) is 0 Å². The molecular formula is C13H12F2N2. The highest BCUT2D eigenvalue weighted by atomic mass is 19.1. The molecule has 0 aromatic heterocycles. The zero-order valence-electron chi connectivity index (χ0n) is 9.30. The number of rotatable bonds is 2. The predicted molar refractivity (Wildman–Crippen MR) is 65.2 cm³/mol. The van der Waals surface area contributed by atoms with Gasteiger partial charge in [0.1, 0.15) is 11.6 Å². The number of aryl methyl sites for hydroxylation is 1. The Balaban J connectivity index is 2.31. The van der Waals surface area contributed by atoms with Gasteiger partial charge in [-0.05, 0) is 36.8 Å². The Morgan fingerprint density at radius 3 is 2.24 bits per heavy atom. The zero-order chi connectivity index (χ0) is 12.4. The molecule has 3 N–H and O–H groups in total. The topological polar surface area (TPSA) is 38.0 Å². The maximum absolute atomic E-state index is 13.0. The fraction of sp³-hybridized carbons (Fsp3) is 0.0769. The van der Waals surface area contributed by atoms with E-state index in [0.717, 1.165) is 11.6 Å². The smallest absolute Gasteiger partial charge is 0.128 e.